The summed E-state index contributed by atoms with van der Waals surface area (Å²) in [7, 11) is 0. The molecular formula is C24H25N3O5. The number of hydrogen-bond donors (Lipinski definition) is 0. The van der Waals surface area contributed by atoms with Crippen LogP contribution in [0.3, 0.4) is 0 Å². The largest absolute Gasteiger partial charge is 0.379 e. The van der Waals surface area contributed by atoms with Crippen LogP contribution in [0.25, 0.3) is 5.57 Å². The summed E-state index contributed by atoms with van der Waals surface area (Å²) in [5.41, 5.74) is 3.07. The predicted molar refractivity (Wildman–Crippen MR) is 120 cm³/mol. The normalized spacial score (nSPS) is 15.8. The minimum absolute atomic E-state index is 0.0677. The molecule has 32 heavy (non-hydrogen) atoms. The molecule has 4 rings (SSSR count). The standard InChI is InChI=1S/C24H25N3O5/c1-16(2)32-15-5-13-26-23(28)21(18-8-10-19(11-9-18)27(30)31)22(24(26)29)25-14-12-17-6-3-4-7-20(17)25/h3-4,6-11,16H,5,12-15H2,1-2H3. The van der Waals surface area contributed by atoms with Crippen LogP contribution in [0.4, 0.5) is 11.4 Å². The van der Waals surface area contributed by atoms with Gasteiger partial charge in [-0.25, -0.2) is 0 Å². The summed E-state index contributed by atoms with van der Waals surface area (Å²) in [4.78, 5) is 40.6. The SMILES string of the molecule is CC(C)OCCCN1C(=O)C(c2ccc([N+](=O)[O-])cc2)=C(N2CCc3ccccc32)C1=O. The molecule has 166 valence electrons. The van der Waals surface area contributed by atoms with Crippen molar-refractivity contribution in [2.24, 2.45) is 0 Å². The molecule has 0 spiro atoms. The van der Waals surface area contributed by atoms with Crippen LogP contribution < -0.4 is 4.90 Å². The van der Waals surface area contributed by atoms with Crippen LogP contribution in [0.2, 0.25) is 0 Å². The molecule has 0 aromatic heterocycles. The first-order valence-corrected chi connectivity index (χ1v) is 10.7. The second kappa shape index (κ2) is 8.92. The first-order valence-electron chi connectivity index (χ1n) is 10.7. The maximum atomic E-state index is 13.5. The highest BCUT2D eigenvalue weighted by Crippen LogP contribution is 2.38. The van der Waals surface area contributed by atoms with Gasteiger partial charge in [-0.05, 0) is 56.0 Å². The number of para-hydroxylation sites is 1. The van der Waals surface area contributed by atoms with E-state index in [9.17, 15) is 19.7 Å². The molecule has 0 saturated carbocycles. The van der Waals surface area contributed by atoms with E-state index in [1.807, 2.05) is 43.0 Å². The summed E-state index contributed by atoms with van der Waals surface area (Å²) in [6.45, 7) is 5.16. The van der Waals surface area contributed by atoms with Gasteiger partial charge in [0, 0.05) is 37.5 Å². The lowest BCUT2D eigenvalue weighted by atomic mass is 10.0. The highest BCUT2D eigenvalue weighted by molar-refractivity contribution is 6.36. The van der Waals surface area contributed by atoms with Crippen LogP contribution in [0.1, 0.15) is 31.4 Å². The molecule has 0 bridgehead atoms. The van der Waals surface area contributed by atoms with Gasteiger partial charge in [0.1, 0.15) is 5.70 Å². The number of imide groups is 1. The lowest BCUT2D eigenvalue weighted by Gasteiger charge is -2.22. The van der Waals surface area contributed by atoms with Crippen LogP contribution in [0.5, 0.6) is 0 Å². The van der Waals surface area contributed by atoms with Crippen molar-refractivity contribution in [3.05, 3.63) is 75.5 Å². The lowest BCUT2D eigenvalue weighted by molar-refractivity contribution is -0.384. The fourth-order valence-electron chi connectivity index (χ4n) is 4.14. The zero-order valence-electron chi connectivity index (χ0n) is 18.1. The molecule has 8 heteroatoms. The zero-order valence-corrected chi connectivity index (χ0v) is 18.1. The van der Waals surface area contributed by atoms with Gasteiger partial charge in [-0.3, -0.25) is 24.6 Å². The molecule has 2 aliphatic rings. The van der Waals surface area contributed by atoms with Crippen molar-refractivity contribution in [1.82, 2.24) is 4.90 Å². The maximum absolute atomic E-state index is 13.5. The van der Waals surface area contributed by atoms with E-state index < -0.39 is 4.92 Å². The number of rotatable bonds is 8. The molecule has 8 nitrogen and oxygen atoms in total. The van der Waals surface area contributed by atoms with E-state index in [0.29, 0.717) is 30.8 Å². The van der Waals surface area contributed by atoms with Gasteiger partial charge >= 0.3 is 0 Å². The van der Waals surface area contributed by atoms with Crippen molar-refractivity contribution in [3.63, 3.8) is 0 Å². The van der Waals surface area contributed by atoms with Gasteiger partial charge in [-0.1, -0.05) is 18.2 Å². The second-order valence-electron chi connectivity index (χ2n) is 8.09. The van der Waals surface area contributed by atoms with Gasteiger partial charge in [0.05, 0.1) is 16.6 Å². The number of carbonyl (C=O) groups is 2. The Morgan fingerprint density at radius 2 is 1.78 bits per heavy atom. The Bertz CT molecular complexity index is 1090. The lowest BCUT2D eigenvalue weighted by Crippen LogP contribution is -2.36. The predicted octanol–water partition coefficient (Wildman–Crippen LogP) is 3.55. The van der Waals surface area contributed by atoms with Crippen LogP contribution in [0, 0.1) is 10.1 Å². The number of non-ortho nitro benzene ring substituents is 1. The van der Waals surface area contributed by atoms with Crippen molar-refractivity contribution in [2.45, 2.75) is 32.8 Å². The summed E-state index contributed by atoms with van der Waals surface area (Å²) in [6, 6.07) is 13.6. The molecule has 2 heterocycles. The molecule has 0 fully saturated rings. The second-order valence-corrected chi connectivity index (χ2v) is 8.09. The third-order valence-electron chi connectivity index (χ3n) is 5.64. The third-order valence-corrected chi connectivity index (χ3v) is 5.64. The highest BCUT2D eigenvalue weighted by atomic mass is 16.6. The van der Waals surface area contributed by atoms with E-state index in [-0.39, 0.29) is 35.7 Å². The monoisotopic (exact) mass is 435 g/mol. The number of nitro benzene ring substituents is 1. The number of benzene rings is 2. The maximum Gasteiger partial charge on any atom is 0.278 e. The van der Waals surface area contributed by atoms with E-state index in [1.54, 1.807) is 0 Å². The quantitative estimate of drug-likeness (QED) is 0.272. The molecule has 0 unspecified atom stereocenters. The number of nitro groups is 1. The Morgan fingerprint density at radius 1 is 1.06 bits per heavy atom. The van der Waals surface area contributed by atoms with Gasteiger partial charge in [0.2, 0.25) is 0 Å². The molecule has 0 radical (unpaired) electrons. The number of nitrogens with zero attached hydrogens (tertiary/aromatic N) is 3. The van der Waals surface area contributed by atoms with Gasteiger partial charge in [0.15, 0.2) is 0 Å². The summed E-state index contributed by atoms with van der Waals surface area (Å²) in [6.07, 6.45) is 1.38. The topological polar surface area (TPSA) is 93.0 Å². The van der Waals surface area contributed by atoms with Crippen LogP contribution in [-0.4, -0.2) is 47.4 Å². The number of ether oxygens (including phenoxy) is 1. The van der Waals surface area contributed by atoms with Gasteiger partial charge < -0.3 is 9.64 Å². The fraction of sp³-hybridized carbons (Fsp3) is 0.333. The number of carbonyl (C=O) groups excluding carboxylic acids is 2. The molecule has 0 atom stereocenters. The molecule has 2 aromatic rings. The zero-order chi connectivity index (χ0) is 22.8. The van der Waals surface area contributed by atoms with Gasteiger partial charge in [-0.15, -0.1) is 0 Å². The molecule has 0 N–H and O–H groups in total. The van der Waals surface area contributed by atoms with Crippen LogP contribution in [0.15, 0.2) is 54.2 Å². The number of fused-ring (bicyclic) bond motifs is 1. The molecule has 2 aliphatic heterocycles. The van der Waals surface area contributed by atoms with Crippen molar-refractivity contribution in [3.8, 4) is 0 Å². The summed E-state index contributed by atoms with van der Waals surface area (Å²) >= 11 is 0. The average molecular weight is 435 g/mol. The third kappa shape index (κ3) is 4.01. The smallest absolute Gasteiger partial charge is 0.278 e. The fourth-order valence-corrected chi connectivity index (χ4v) is 4.14. The summed E-state index contributed by atoms with van der Waals surface area (Å²) in [5.74, 6) is -0.725. The van der Waals surface area contributed by atoms with E-state index in [0.717, 1.165) is 17.7 Å². The van der Waals surface area contributed by atoms with E-state index in [4.69, 9.17) is 4.74 Å². The van der Waals surface area contributed by atoms with E-state index in [1.165, 1.54) is 29.2 Å². The summed E-state index contributed by atoms with van der Waals surface area (Å²) in [5, 5.41) is 11.1. The number of hydrogen-bond acceptors (Lipinski definition) is 6. The summed E-state index contributed by atoms with van der Waals surface area (Å²) < 4.78 is 5.56. The molecular weight excluding hydrogens is 410 g/mol. The van der Waals surface area contributed by atoms with Gasteiger partial charge in [0.25, 0.3) is 17.5 Å². The molecule has 2 aromatic carbocycles. The van der Waals surface area contributed by atoms with Gasteiger partial charge in [-0.2, -0.15) is 0 Å². The Balaban J connectivity index is 1.71. The molecule has 2 amide bonds. The average Bonchev–Trinajstić information content (AvgIpc) is 3.30. The Morgan fingerprint density at radius 3 is 2.47 bits per heavy atom. The first kappa shape index (κ1) is 21.7. The molecule has 0 aliphatic carbocycles. The highest BCUT2D eigenvalue weighted by Gasteiger charge is 2.43. The van der Waals surface area contributed by atoms with Crippen molar-refractivity contribution in [1.29, 1.82) is 0 Å². The minimum Gasteiger partial charge on any atom is -0.379 e. The van der Waals surface area contributed by atoms with Crippen molar-refractivity contribution < 1.29 is 19.2 Å². The van der Waals surface area contributed by atoms with Crippen LogP contribution in [-0.2, 0) is 20.7 Å². The Hall–Kier alpha value is -3.52. The van der Waals surface area contributed by atoms with Crippen molar-refractivity contribution in [2.75, 3.05) is 24.6 Å². The number of anilines is 1. The van der Waals surface area contributed by atoms with Crippen LogP contribution >= 0.6 is 0 Å². The minimum atomic E-state index is -0.488. The van der Waals surface area contributed by atoms with E-state index >= 15 is 0 Å². The Labute approximate surface area is 186 Å². The van der Waals surface area contributed by atoms with E-state index in [2.05, 4.69) is 0 Å². The van der Waals surface area contributed by atoms with Crippen molar-refractivity contribution >= 4 is 28.8 Å². The Kier molecular flexibility index (Phi) is 6.05. The first-order chi connectivity index (χ1) is 15.4. The number of amides is 2. The molecule has 0 saturated heterocycles.